The van der Waals surface area contributed by atoms with Gasteiger partial charge in [0.2, 0.25) is 0 Å². The number of hydrogen-bond donors (Lipinski definition) is 1. The highest BCUT2D eigenvalue weighted by atomic mass is 32.2. The molecule has 1 aliphatic heterocycles. The Hall–Kier alpha value is -3.37. The summed E-state index contributed by atoms with van der Waals surface area (Å²) in [4.78, 5) is 36.1. The number of aromatic nitrogens is 3. The number of carbonyl (C=O) groups is 2. The molecule has 3 aromatic rings. The zero-order valence-corrected chi connectivity index (χ0v) is 20.5. The summed E-state index contributed by atoms with van der Waals surface area (Å²) in [6.07, 6.45) is 6.51. The predicted octanol–water partition coefficient (Wildman–Crippen LogP) is 3.55. The molecule has 4 rings (SSSR count). The number of aryl methyl sites for hydroxylation is 2. The third-order valence-corrected chi connectivity index (χ3v) is 7.01. The highest BCUT2D eigenvalue weighted by Gasteiger charge is 2.22. The molecule has 0 bridgehead atoms. The number of carboxylic acids is 1. The minimum absolute atomic E-state index is 0.201. The van der Waals surface area contributed by atoms with Crippen LogP contribution in [-0.4, -0.2) is 74.2 Å². The number of rotatable bonds is 9. The van der Waals surface area contributed by atoms with E-state index in [2.05, 4.69) is 14.9 Å². The molecule has 0 radical (unpaired) electrons. The number of aromatic carboxylic acids is 1. The number of carboxylic acid groups (broad SMARTS) is 1. The molecule has 3 heterocycles. The zero-order valence-electron chi connectivity index (χ0n) is 19.7. The fourth-order valence-electron chi connectivity index (χ4n) is 3.79. The highest BCUT2D eigenvalue weighted by Crippen LogP contribution is 2.22. The van der Waals surface area contributed by atoms with Gasteiger partial charge in [-0.3, -0.25) is 9.88 Å². The van der Waals surface area contributed by atoms with E-state index in [-0.39, 0.29) is 11.7 Å². The molecule has 0 unspecified atom stereocenters. The average molecular weight is 496 g/mol. The van der Waals surface area contributed by atoms with Crippen LogP contribution in [0.3, 0.4) is 0 Å². The second-order valence-electron chi connectivity index (χ2n) is 8.40. The van der Waals surface area contributed by atoms with E-state index in [1.54, 1.807) is 35.0 Å². The van der Waals surface area contributed by atoms with Crippen molar-refractivity contribution in [2.75, 3.05) is 32.7 Å². The van der Waals surface area contributed by atoms with Crippen molar-refractivity contribution in [2.45, 2.75) is 23.8 Å². The Morgan fingerprint density at radius 1 is 1.06 bits per heavy atom. The molecule has 10 heteroatoms. The molecule has 184 valence electrons. The molecular formula is C25H29N5O4S. The van der Waals surface area contributed by atoms with E-state index in [1.165, 1.54) is 6.20 Å². The number of carbonyl (C=O) groups excluding carboxylic acids is 1. The molecule has 1 aliphatic rings. The van der Waals surface area contributed by atoms with Gasteiger partial charge in [0.15, 0.2) is 5.16 Å². The number of nitrogens with zero attached hydrogens (tertiary/aromatic N) is 5. The maximum absolute atomic E-state index is 12.6. The number of imidazole rings is 1. The Kier molecular flexibility index (Phi) is 8.38. The van der Waals surface area contributed by atoms with Crippen molar-refractivity contribution in [1.82, 2.24) is 24.3 Å². The van der Waals surface area contributed by atoms with Crippen LogP contribution in [0, 0.1) is 0 Å². The minimum atomic E-state index is -0.965. The number of pyridine rings is 1. The first-order valence-corrected chi connectivity index (χ1v) is 12.5. The van der Waals surface area contributed by atoms with Crippen molar-refractivity contribution in [3.05, 3.63) is 71.8 Å². The number of hydrogen-bond acceptors (Lipinski definition) is 7. The molecule has 2 aromatic heterocycles. The van der Waals surface area contributed by atoms with Crippen molar-refractivity contribution in [2.24, 2.45) is 7.05 Å². The summed E-state index contributed by atoms with van der Waals surface area (Å²) in [6.45, 7) is 3.75. The van der Waals surface area contributed by atoms with Crippen LogP contribution < -0.4 is 4.74 Å². The molecule has 35 heavy (non-hydrogen) atoms. The molecule has 0 aliphatic carbocycles. The van der Waals surface area contributed by atoms with Gasteiger partial charge in [0.25, 0.3) is 0 Å². The maximum Gasteiger partial charge on any atom is 0.415 e. The van der Waals surface area contributed by atoms with E-state index in [1.807, 2.05) is 42.1 Å². The van der Waals surface area contributed by atoms with Crippen molar-refractivity contribution >= 4 is 23.8 Å². The smallest absolute Gasteiger partial charge is 0.415 e. The summed E-state index contributed by atoms with van der Waals surface area (Å²) in [5.74, 6) is 0.378. The fourth-order valence-corrected chi connectivity index (χ4v) is 4.68. The first-order valence-electron chi connectivity index (χ1n) is 11.5. The van der Waals surface area contributed by atoms with Crippen LogP contribution in [0.4, 0.5) is 4.79 Å². The third-order valence-electron chi connectivity index (χ3n) is 5.88. The quantitative estimate of drug-likeness (QED) is 0.450. The standard InChI is InChI=1S/C25H29N5O4S/c1-28-12-10-26-24(28)35-18-19-4-8-22(9-5-19)34-25(33)30-15-13-29(14-16-30)11-2-3-21-7-6-20(17-27-21)23(31)32/h4-10,12,17H,2-3,11,13-16,18H2,1H3,(H,31,32). The topological polar surface area (TPSA) is 101 Å². The Balaban J connectivity index is 1.15. The lowest BCUT2D eigenvalue weighted by Crippen LogP contribution is -2.49. The summed E-state index contributed by atoms with van der Waals surface area (Å²) >= 11 is 1.66. The van der Waals surface area contributed by atoms with Crippen LogP contribution in [0.2, 0.25) is 0 Å². The molecular weight excluding hydrogens is 466 g/mol. The first kappa shape index (κ1) is 24.7. The van der Waals surface area contributed by atoms with Gasteiger partial charge in [-0.05, 0) is 49.2 Å². The van der Waals surface area contributed by atoms with Crippen LogP contribution in [0.25, 0.3) is 0 Å². The highest BCUT2D eigenvalue weighted by molar-refractivity contribution is 7.98. The van der Waals surface area contributed by atoms with E-state index >= 15 is 0 Å². The van der Waals surface area contributed by atoms with Crippen molar-refractivity contribution in [1.29, 1.82) is 0 Å². The van der Waals surface area contributed by atoms with Crippen LogP contribution in [0.5, 0.6) is 5.75 Å². The summed E-state index contributed by atoms with van der Waals surface area (Å²) < 4.78 is 7.56. The fraction of sp³-hybridized carbons (Fsp3) is 0.360. The van der Waals surface area contributed by atoms with Gasteiger partial charge < -0.3 is 19.3 Å². The van der Waals surface area contributed by atoms with E-state index in [9.17, 15) is 9.59 Å². The van der Waals surface area contributed by atoms with Gasteiger partial charge in [0.05, 0.1) is 5.56 Å². The summed E-state index contributed by atoms with van der Waals surface area (Å²) in [6, 6.07) is 11.0. The molecule has 9 nitrogen and oxygen atoms in total. The SMILES string of the molecule is Cn1ccnc1SCc1ccc(OC(=O)N2CCN(CCCc3ccc(C(=O)O)cn3)CC2)cc1. The Labute approximate surface area is 208 Å². The number of ether oxygens (including phenoxy) is 1. The lowest BCUT2D eigenvalue weighted by molar-refractivity contribution is 0.0696. The lowest BCUT2D eigenvalue weighted by atomic mass is 10.2. The van der Waals surface area contributed by atoms with E-state index in [4.69, 9.17) is 9.84 Å². The third kappa shape index (κ3) is 7.06. The maximum atomic E-state index is 12.6. The normalized spacial score (nSPS) is 14.1. The van der Waals surface area contributed by atoms with Gasteiger partial charge in [-0.1, -0.05) is 23.9 Å². The van der Waals surface area contributed by atoms with E-state index in [0.29, 0.717) is 18.8 Å². The zero-order chi connectivity index (χ0) is 24.6. The number of amides is 1. The second kappa shape index (κ2) is 11.9. The van der Waals surface area contributed by atoms with Crippen LogP contribution >= 0.6 is 11.8 Å². The summed E-state index contributed by atoms with van der Waals surface area (Å²) in [5.41, 5.74) is 2.23. The van der Waals surface area contributed by atoms with Gasteiger partial charge in [-0.2, -0.15) is 0 Å². The largest absolute Gasteiger partial charge is 0.478 e. The molecule has 1 fully saturated rings. The Morgan fingerprint density at radius 2 is 1.83 bits per heavy atom. The van der Waals surface area contributed by atoms with Gasteiger partial charge in [0, 0.05) is 63.3 Å². The van der Waals surface area contributed by atoms with Crippen LogP contribution in [0.15, 0.2) is 60.1 Å². The predicted molar refractivity (Wildman–Crippen MR) is 133 cm³/mol. The lowest BCUT2D eigenvalue weighted by Gasteiger charge is -2.34. The minimum Gasteiger partial charge on any atom is -0.478 e. The van der Waals surface area contributed by atoms with E-state index < -0.39 is 5.97 Å². The van der Waals surface area contributed by atoms with Crippen molar-refractivity contribution in [3.8, 4) is 5.75 Å². The van der Waals surface area contributed by atoms with Gasteiger partial charge >= 0.3 is 12.1 Å². The Bertz CT molecular complexity index is 1130. The van der Waals surface area contributed by atoms with Gasteiger partial charge in [-0.15, -0.1) is 0 Å². The van der Waals surface area contributed by atoms with Crippen LogP contribution in [-0.2, 0) is 19.2 Å². The molecule has 0 spiro atoms. The van der Waals surface area contributed by atoms with E-state index in [0.717, 1.165) is 54.6 Å². The number of thioether (sulfide) groups is 1. The molecule has 1 amide bonds. The van der Waals surface area contributed by atoms with Gasteiger partial charge in [0.1, 0.15) is 5.75 Å². The molecule has 0 saturated carbocycles. The molecule has 1 saturated heterocycles. The number of piperazine rings is 1. The molecule has 1 aromatic carbocycles. The monoisotopic (exact) mass is 495 g/mol. The summed E-state index contributed by atoms with van der Waals surface area (Å²) in [7, 11) is 1.97. The van der Waals surface area contributed by atoms with Crippen molar-refractivity contribution in [3.63, 3.8) is 0 Å². The number of benzene rings is 1. The second-order valence-corrected chi connectivity index (χ2v) is 9.34. The Morgan fingerprint density at radius 3 is 2.46 bits per heavy atom. The first-order chi connectivity index (χ1) is 17.0. The molecule has 1 N–H and O–H groups in total. The average Bonchev–Trinajstić information content (AvgIpc) is 3.29. The van der Waals surface area contributed by atoms with Gasteiger partial charge in [-0.25, -0.2) is 14.6 Å². The molecule has 0 atom stereocenters. The summed E-state index contributed by atoms with van der Waals surface area (Å²) in [5, 5.41) is 9.91. The van der Waals surface area contributed by atoms with Crippen molar-refractivity contribution < 1.29 is 19.4 Å². The van der Waals surface area contributed by atoms with Crippen LogP contribution in [0.1, 0.15) is 28.0 Å².